The fourth-order valence-corrected chi connectivity index (χ4v) is 1.28. The minimum absolute atomic E-state index is 0.278. The summed E-state index contributed by atoms with van der Waals surface area (Å²) in [7, 11) is 0. The summed E-state index contributed by atoms with van der Waals surface area (Å²) < 4.78 is -1.78. The largest absolute Gasteiger partial charge is 0.507 e. The summed E-state index contributed by atoms with van der Waals surface area (Å²) in [5.41, 5.74) is 0. The van der Waals surface area contributed by atoms with Gasteiger partial charge < -0.3 is 5.11 Å². The molecule has 1 aliphatic carbocycles. The molecule has 0 bridgehead atoms. The zero-order valence-corrected chi connectivity index (χ0v) is 6.26. The number of aliphatic hydroxyl groups excluding tert-OH is 1. The van der Waals surface area contributed by atoms with Gasteiger partial charge in [0, 0.05) is 0 Å². The molecule has 0 saturated carbocycles. The highest BCUT2D eigenvalue weighted by molar-refractivity contribution is 6.69. The first kappa shape index (κ1) is 7.19. The van der Waals surface area contributed by atoms with Crippen molar-refractivity contribution in [2.24, 2.45) is 0 Å². The Balaban J connectivity index is 3.06. The van der Waals surface area contributed by atoms with E-state index in [-0.39, 0.29) is 5.03 Å². The highest BCUT2D eigenvalue weighted by Crippen LogP contribution is 2.44. The van der Waals surface area contributed by atoms with Gasteiger partial charge in [0.25, 0.3) is 0 Å². The number of aliphatic hydroxyl groups is 1. The third-order valence-electron chi connectivity index (χ3n) is 0.990. The summed E-state index contributed by atoms with van der Waals surface area (Å²) in [6, 6.07) is 0. The van der Waals surface area contributed by atoms with Crippen LogP contribution >= 0.6 is 34.8 Å². The molecule has 0 aromatic heterocycles. The summed E-state index contributed by atoms with van der Waals surface area (Å²) in [5.74, 6) is -1.11. The SMILES string of the molecule is O=C1C(Cl)=C(O)C1(Cl)Cl. The maximum absolute atomic E-state index is 10.5. The molecule has 0 fully saturated rings. The van der Waals surface area contributed by atoms with Gasteiger partial charge in [-0.1, -0.05) is 34.8 Å². The van der Waals surface area contributed by atoms with Crippen LogP contribution in [0.1, 0.15) is 0 Å². The van der Waals surface area contributed by atoms with Crippen LogP contribution in [0.2, 0.25) is 0 Å². The van der Waals surface area contributed by atoms with Crippen molar-refractivity contribution in [2.75, 3.05) is 0 Å². The highest BCUT2D eigenvalue weighted by atomic mass is 35.5. The van der Waals surface area contributed by atoms with Crippen LogP contribution < -0.4 is 0 Å². The van der Waals surface area contributed by atoms with Crippen molar-refractivity contribution in [2.45, 2.75) is 4.33 Å². The van der Waals surface area contributed by atoms with Gasteiger partial charge in [0.2, 0.25) is 10.1 Å². The number of hydrogen-bond donors (Lipinski definition) is 1. The van der Waals surface area contributed by atoms with Crippen molar-refractivity contribution in [3.63, 3.8) is 0 Å². The minimum atomic E-state index is -1.78. The van der Waals surface area contributed by atoms with Crippen molar-refractivity contribution in [1.29, 1.82) is 0 Å². The lowest BCUT2D eigenvalue weighted by molar-refractivity contribution is -0.117. The van der Waals surface area contributed by atoms with E-state index < -0.39 is 15.9 Å². The van der Waals surface area contributed by atoms with Crippen LogP contribution in [0.4, 0.5) is 0 Å². The molecule has 1 N–H and O–H groups in total. The van der Waals surface area contributed by atoms with Crippen LogP contribution in [0.15, 0.2) is 10.8 Å². The van der Waals surface area contributed by atoms with Gasteiger partial charge in [0.1, 0.15) is 5.03 Å². The lowest BCUT2D eigenvalue weighted by atomic mass is 10.1. The van der Waals surface area contributed by atoms with E-state index in [1.165, 1.54) is 0 Å². The molecule has 0 radical (unpaired) electrons. The van der Waals surface area contributed by atoms with E-state index in [1.807, 2.05) is 0 Å². The zero-order valence-electron chi connectivity index (χ0n) is 3.99. The molecule has 0 atom stereocenters. The Morgan fingerprint density at radius 2 is 1.89 bits per heavy atom. The molecule has 0 heterocycles. The van der Waals surface area contributed by atoms with Crippen molar-refractivity contribution >= 4 is 40.6 Å². The average molecular weight is 187 g/mol. The molecule has 0 amide bonds. The molecule has 5 heteroatoms. The molecule has 1 aliphatic rings. The van der Waals surface area contributed by atoms with Gasteiger partial charge in [-0.2, -0.15) is 0 Å². The van der Waals surface area contributed by atoms with Gasteiger partial charge in [0.15, 0.2) is 5.76 Å². The van der Waals surface area contributed by atoms with Crippen LogP contribution in [-0.4, -0.2) is 15.2 Å². The number of halogens is 3. The van der Waals surface area contributed by atoms with Gasteiger partial charge in [-0.05, 0) is 0 Å². The normalized spacial score (nSPS) is 24.1. The van der Waals surface area contributed by atoms with E-state index >= 15 is 0 Å². The molecule has 2 nitrogen and oxygen atoms in total. The Morgan fingerprint density at radius 1 is 1.44 bits per heavy atom. The first-order chi connectivity index (χ1) is 3.98. The Morgan fingerprint density at radius 3 is 2.00 bits per heavy atom. The fourth-order valence-electron chi connectivity index (χ4n) is 0.428. The maximum Gasteiger partial charge on any atom is 0.239 e. The quantitative estimate of drug-likeness (QED) is 0.587. The number of carbonyl (C=O) groups is 1. The molecular weight excluding hydrogens is 186 g/mol. The number of allylic oxidation sites excluding steroid dienone is 2. The van der Waals surface area contributed by atoms with Crippen LogP contribution in [-0.2, 0) is 4.79 Å². The third-order valence-corrected chi connectivity index (χ3v) is 2.04. The smallest absolute Gasteiger partial charge is 0.239 e. The number of Topliss-reactive ketones (excluding diaryl/α,β-unsaturated/α-hetero) is 1. The third kappa shape index (κ3) is 0.741. The fraction of sp³-hybridized carbons (Fsp3) is 0.250. The van der Waals surface area contributed by atoms with Crippen LogP contribution in [0.5, 0.6) is 0 Å². The van der Waals surface area contributed by atoms with Gasteiger partial charge in [0.05, 0.1) is 0 Å². The number of carbonyl (C=O) groups excluding carboxylic acids is 1. The van der Waals surface area contributed by atoms with E-state index in [1.54, 1.807) is 0 Å². The Hall–Kier alpha value is 0.0800. The Bertz CT molecular complexity index is 206. The molecule has 0 unspecified atom stereocenters. The summed E-state index contributed by atoms with van der Waals surface area (Å²) in [4.78, 5) is 10.5. The van der Waals surface area contributed by atoms with E-state index in [0.717, 1.165) is 0 Å². The van der Waals surface area contributed by atoms with E-state index in [0.29, 0.717) is 0 Å². The monoisotopic (exact) mass is 186 g/mol. The number of hydrogen-bond acceptors (Lipinski definition) is 2. The lowest BCUT2D eigenvalue weighted by Gasteiger charge is -2.25. The van der Waals surface area contributed by atoms with Gasteiger partial charge >= 0.3 is 0 Å². The Labute approximate surface area is 66.0 Å². The standard InChI is InChI=1S/C4HCl3O2/c5-1-2(8)4(6,7)3(1)9/h8H. The van der Waals surface area contributed by atoms with Crippen LogP contribution in [0, 0.1) is 0 Å². The summed E-state index contributed by atoms with van der Waals surface area (Å²) in [5, 5.41) is 8.40. The van der Waals surface area contributed by atoms with Crippen molar-refractivity contribution in [3.8, 4) is 0 Å². The number of rotatable bonds is 0. The van der Waals surface area contributed by atoms with Crippen molar-refractivity contribution < 1.29 is 9.90 Å². The van der Waals surface area contributed by atoms with Crippen molar-refractivity contribution in [1.82, 2.24) is 0 Å². The molecule has 9 heavy (non-hydrogen) atoms. The van der Waals surface area contributed by atoms with E-state index in [4.69, 9.17) is 39.9 Å². The molecule has 0 aliphatic heterocycles. The van der Waals surface area contributed by atoms with E-state index in [2.05, 4.69) is 0 Å². The predicted octanol–water partition coefficient (Wildman–Crippen LogP) is 1.75. The van der Waals surface area contributed by atoms with Gasteiger partial charge in [-0.25, -0.2) is 0 Å². The molecule has 0 saturated heterocycles. The topological polar surface area (TPSA) is 37.3 Å². The Kier molecular flexibility index (Phi) is 1.42. The summed E-state index contributed by atoms with van der Waals surface area (Å²) in [6.45, 7) is 0. The van der Waals surface area contributed by atoms with Crippen molar-refractivity contribution in [3.05, 3.63) is 10.8 Å². The van der Waals surface area contributed by atoms with E-state index in [9.17, 15) is 4.79 Å². The number of ketones is 1. The van der Waals surface area contributed by atoms with Crippen LogP contribution in [0.3, 0.4) is 0 Å². The minimum Gasteiger partial charge on any atom is -0.507 e. The van der Waals surface area contributed by atoms with Gasteiger partial charge in [-0.15, -0.1) is 0 Å². The first-order valence-electron chi connectivity index (χ1n) is 1.99. The molecule has 1 rings (SSSR count). The molecule has 0 aromatic carbocycles. The number of alkyl halides is 2. The second-order valence-electron chi connectivity index (χ2n) is 1.57. The molecule has 0 aromatic rings. The first-order valence-corrected chi connectivity index (χ1v) is 3.13. The second kappa shape index (κ2) is 1.78. The highest BCUT2D eigenvalue weighted by Gasteiger charge is 2.51. The summed E-state index contributed by atoms with van der Waals surface area (Å²) >= 11 is 15.6. The molecule has 0 spiro atoms. The summed E-state index contributed by atoms with van der Waals surface area (Å²) in [6.07, 6.45) is 0. The van der Waals surface area contributed by atoms with Gasteiger partial charge in [-0.3, -0.25) is 4.79 Å². The molecular formula is C4HCl3O2. The average Bonchev–Trinajstić information content (AvgIpc) is 1.84. The molecule has 50 valence electrons. The second-order valence-corrected chi connectivity index (χ2v) is 3.27. The predicted molar refractivity (Wildman–Crippen MR) is 35.0 cm³/mol. The lowest BCUT2D eigenvalue weighted by Crippen LogP contribution is -2.39. The zero-order chi connectivity index (χ0) is 7.23. The maximum atomic E-state index is 10.5. The van der Waals surface area contributed by atoms with Crippen LogP contribution in [0.25, 0.3) is 0 Å².